The van der Waals surface area contributed by atoms with E-state index in [2.05, 4.69) is 6.07 Å². The third-order valence-electron chi connectivity index (χ3n) is 1.46. The Morgan fingerprint density at radius 2 is 2.00 bits per heavy atom. The first kappa shape index (κ1) is 5.42. The van der Waals surface area contributed by atoms with E-state index < -0.39 is 0 Å². The summed E-state index contributed by atoms with van der Waals surface area (Å²) in [5, 5.41) is 0. The number of aromatic nitrogens is 1. The fourth-order valence-corrected chi connectivity index (χ4v) is 0.977. The summed E-state index contributed by atoms with van der Waals surface area (Å²) in [5.74, 6) is 0. The fourth-order valence-electron chi connectivity index (χ4n) is 0.977. The lowest BCUT2D eigenvalue weighted by Gasteiger charge is -1.84. The highest BCUT2D eigenvalue weighted by molar-refractivity contribution is 5.35. The molecule has 0 fully saturated rings. The van der Waals surface area contributed by atoms with Crippen LogP contribution in [0.3, 0.4) is 0 Å². The van der Waals surface area contributed by atoms with E-state index in [9.17, 15) is 0 Å². The maximum Gasteiger partial charge on any atom is 0.218 e. The van der Waals surface area contributed by atoms with Crippen molar-refractivity contribution < 1.29 is 4.40 Å². The fraction of sp³-hybridized carbons (Fsp3) is 0. The van der Waals surface area contributed by atoms with Crippen LogP contribution in [-0.2, 0) is 0 Å². The summed E-state index contributed by atoms with van der Waals surface area (Å²) in [6.07, 6.45) is 4.01. The molecule has 0 aromatic carbocycles. The summed E-state index contributed by atoms with van der Waals surface area (Å²) < 4.78 is 2.03. The van der Waals surface area contributed by atoms with Gasteiger partial charge in [-0.25, -0.2) is 0 Å². The predicted molar refractivity (Wildman–Crippen MR) is 38.4 cm³/mol. The molecule has 2 rings (SSSR count). The van der Waals surface area contributed by atoms with Gasteiger partial charge in [-0.05, 0) is 12.1 Å². The van der Waals surface area contributed by atoms with Crippen LogP contribution in [0.5, 0.6) is 0 Å². The Hall–Kier alpha value is -1.37. The molecule has 0 aliphatic rings. The molecule has 0 N–H and O–H groups in total. The molecule has 0 aliphatic heterocycles. The Balaban J connectivity index is 2.89. The molecule has 1 nitrogen and oxygen atoms in total. The van der Waals surface area contributed by atoms with Gasteiger partial charge in [-0.3, -0.25) is 0 Å². The number of fused-ring (bicyclic) bond motifs is 1. The third-order valence-corrected chi connectivity index (χ3v) is 1.46. The predicted octanol–water partition coefficient (Wildman–Crippen LogP) is 1.23. The molecule has 1 heteroatoms. The van der Waals surface area contributed by atoms with E-state index in [0.717, 1.165) is 5.52 Å². The van der Waals surface area contributed by atoms with Gasteiger partial charge in [-0.1, -0.05) is 0 Å². The number of hydrogen-bond donors (Lipinski definition) is 0. The van der Waals surface area contributed by atoms with Crippen LogP contribution in [0.15, 0.2) is 42.7 Å². The maximum absolute atomic E-state index is 3.11. The van der Waals surface area contributed by atoms with E-state index in [1.54, 1.807) is 0 Å². The molecule has 47 valence electrons. The van der Waals surface area contributed by atoms with Crippen LogP contribution in [0, 0.1) is 6.07 Å². The van der Waals surface area contributed by atoms with Gasteiger partial charge in [0.15, 0.2) is 12.4 Å². The minimum atomic E-state index is 1.10. The van der Waals surface area contributed by atoms with Crippen molar-refractivity contribution in [3.05, 3.63) is 48.8 Å². The molecule has 2 aromatic rings. The molecule has 0 amide bonds. The minimum Gasteiger partial charge on any atom is -0.167 e. The molecule has 0 spiro atoms. The molecule has 0 saturated carbocycles. The van der Waals surface area contributed by atoms with Crippen molar-refractivity contribution in [3.63, 3.8) is 0 Å². The van der Waals surface area contributed by atoms with Gasteiger partial charge < -0.3 is 0 Å². The second kappa shape index (κ2) is 2.10. The van der Waals surface area contributed by atoms with Gasteiger partial charge in [-0.15, -0.1) is 0 Å². The Labute approximate surface area is 59.6 Å². The summed E-state index contributed by atoms with van der Waals surface area (Å²) >= 11 is 0. The normalized spacial score (nSPS) is 10.0. The molecule has 2 aromatic heterocycles. The molecule has 0 unspecified atom stereocenters. The van der Waals surface area contributed by atoms with Gasteiger partial charge >= 0.3 is 0 Å². The summed E-state index contributed by atoms with van der Waals surface area (Å²) in [4.78, 5) is 0. The van der Waals surface area contributed by atoms with Crippen molar-refractivity contribution >= 4 is 5.52 Å². The Morgan fingerprint density at radius 3 is 2.90 bits per heavy atom. The minimum absolute atomic E-state index is 1.10. The Bertz CT molecular complexity index is 276. The quantitative estimate of drug-likeness (QED) is 0.471. The molecule has 0 atom stereocenters. The molecule has 10 heavy (non-hydrogen) atoms. The lowest BCUT2D eigenvalue weighted by Crippen LogP contribution is -2.18. The number of pyridine rings is 2. The van der Waals surface area contributed by atoms with Gasteiger partial charge in [-0.2, -0.15) is 4.40 Å². The van der Waals surface area contributed by atoms with Gasteiger partial charge in [0.05, 0.1) is 6.07 Å². The zero-order chi connectivity index (χ0) is 6.81. The van der Waals surface area contributed by atoms with Crippen LogP contribution in [0.25, 0.3) is 5.52 Å². The van der Waals surface area contributed by atoms with Crippen molar-refractivity contribution in [3.8, 4) is 0 Å². The number of hydrogen-bond acceptors (Lipinski definition) is 0. The third kappa shape index (κ3) is 0.760. The largest absolute Gasteiger partial charge is 0.218 e. The average Bonchev–Trinajstić information content (AvgIpc) is 2.05. The summed E-state index contributed by atoms with van der Waals surface area (Å²) in [6, 6.07) is 13.0. The van der Waals surface area contributed by atoms with Crippen LogP contribution in [0.4, 0.5) is 0 Å². The summed E-state index contributed by atoms with van der Waals surface area (Å²) in [6.45, 7) is 0. The van der Waals surface area contributed by atoms with Crippen molar-refractivity contribution in [2.24, 2.45) is 0 Å². The van der Waals surface area contributed by atoms with Crippen LogP contribution < -0.4 is 4.40 Å². The van der Waals surface area contributed by atoms with Crippen LogP contribution >= 0.6 is 0 Å². The monoisotopic (exact) mass is 129 g/mol. The van der Waals surface area contributed by atoms with Crippen LogP contribution in [0.1, 0.15) is 0 Å². The Kier molecular flexibility index (Phi) is 1.14. The SMILES string of the molecule is [c]1ccc[n+]2ccccc12. The van der Waals surface area contributed by atoms with Crippen molar-refractivity contribution in [1.82, 2.24) is 0 Å². The summed E-state index contributed by atoms with van der Waals surface area (Å²) in [7, 11) is 0. The van der Waals surface area contributed by atoms with E-state index in [1.807, 2.05) is 47.1 Å². The van der Waals surface area contributed by atoms with Crippen molar-refractivity contribution in [1.29, 1.82) is 0 Å². The molecule has 0 aliphatic carbocycles. The van der Waals surface area contributed by atoms with Crippen LogP contribution in [-0.4, -0.2) is 0 Å². The van der Waals surface area contributed by atoms with E-state index in [0.29, 0.717) is 0 Å². The molecule has 0 bridgehead atoms. The number of nitrogens with zero attached hydrogens (tertiary/aromatic N) is 1. The standard InChI is InChI=1S/C9H7N/c1-3-7-10-8-4-2-6-9(10)5-1/h1-5,7-8H/q+1. The summed E-state index contributed by atoms with van der Waals surface area (Å²) in [5.41, 5.74) is 1.10. The zero-order valence-corrected chi connectivity index (χ0v) is 5.49. The molecular weight excluding hydrogens is 122 g/mol. The van der Waals surface area contributed by atoms with E-state index in [-0.39, 0.29) is 0 Å². The first-order chi connectivity index (χ1) is 4.97. The Morgan fingerprint density at radius 1 is 1.10 bits per heavy atom. The molecular formula is C9H7N+. The van der Waals surface area contributed by atoms with E-state index in [1.165, 1.54) is 0 Å². The topological polar surface area (TPSA) is 4.10 Å². The molecule has 1 radical (unpaired) electrons. The highest BCUT2D eigenvalue weighted by Crippen LogP contribution is 1.91. The van der Waals surface area contributed by atoms with E-state index >= 15 is 0 Å². The van der Waals surface area contributed by atoms with Gasteiger partial charge in [0, 0.05) is 18.2 Å². The first-order valence-electron chi connectivity index (χ1n) is 3.23. The smallest absolute Gasteiger partial charge is 0.167 e. The van der Waals surface area contributed by atoms with E-state index in [4.69, 9.17) is 0 Å². The zero-order valence-electron chi connectivity index (χ0n) is 5.49. The van der Waals surface area contributed by atoms with Crippen LogP contribution in [0.2, 0.25) is 0 Å². The highest BCUT2D eigenvalue weighted by Gasteiger charge is 1.94. The van der Waals surface area contributed by atoms with Gasteiger partial charge in [0.2, 0.25) is 5.52 Å². The second-order valence-corrected chi connectivity index (χ2v) is 2.15. The van der Waals surface area contributed by atoms with Gasteiger partial charge in [0.25, 0.3) is 0 Å². The maximum atomic E-state index is 3.11. The first-order valence-corrected chi connectivity index (χ1v) is 3.23. The van der Waals surface area contributed by atoms with Gasteiger partial charge in [0.1, 0.15) is 0 Å². The number of rotatable bonds is 0. The van der Waals surface area contributed by atoms with Crippen molar-refractivity contribution in [2.75, 3.05) is 0 Å². The lowest BCUT2D eigenvalue weighted by atomic mass is 10.3. The lowest BCUT2D eigenvalue weighted by molar-refractivity contribution is -0.512. The molecule has 0 saturated heterocycles. The average molecular weight is 129 g/mol. The second-order valence-electron chi connectivity index (χ2n) is 2.15. The molecule has 2 heterocycles. The van der Waals surface area contributed by atoms with Crippen molar-refractivity contribution in [2.45, 2.75) is 0 Å². The highest BCUT2D eigenvalue weighted by atomic mass is 14.8.